The van der Waals surface area contributed by atoms with E-state index in [4.69, 9.17) is 0 Å². The molecule has 1 amide bonds. The summed E-state index contributed by atoms with van der Waals surface area (Å²) in [7, 11) is 3.03. The minimum absolute atomic E-state index is 0.159. The molecule has 2 aromatic rings. The molecule has 0 unspecified atom stereocenters. The Kier molecular flexibility index (Phi) is 5.90. The third-order valence-corrected chi connectivity index (χ3v) is 4.03. The molecule has 0 fully saturated rings. The van der Waals surface area contributed by atoms with Gasteiger partial charge in [0.15, 0.2) is 0 Å². The maximum Gasteiger partial charge on any atom is 0.305 e. The van der Waals surface area contributed by atoms with Gasteiger partial charge < -0.3 is 9.64 Å². The predicted molar refractivity (Wildman–Crippen MR) is 91.2 cm³/mol. The molecule has 2 rings (SSSR count). The summed E-state index contributed by atoms with van der Waals surface area (Å²) in [6, 6.07) is 5.94. The first-order valence-electron chi connectivity index (χ1n) is 7.99. The van der Waals surface area contributed by atoms with Crippen molar-refractivity contribution < 1.29 is 18.7 Å². The largest absolute Gasteiger partial charge is 0.469 e. The number of esters is 1. The van der Waals surface area contributed by atoms with Gasteiger partial charge in [-0.1, -0.05) is 0 Å². The van der Waals surface area contributed by atoms with Crippen molar-refractivity contribution in [3.8, 4) is 5.69 Å². The maximum atomic E-state index is 13.1. The number of aromatic nitrogens is 2. The third kappa shape index (κ3) is 4.23. The second kappa shape index (κ2) is 7.92. The fraction of sp³-hybridized carbons (Fsp3) is 0.389. The molecule has 134 valence electrons. The average Bonchev–Trinajstić information content (AvgIpc) is 2.89. The molecule has 0 saturated carbocycles. The van der Waals surface area contributed by atoms with Crippen LogP contribution in [0.3, 0.4) is 0 Å². The lowest BCUT2D eigenvalue weighted by Gasteiger charge is -2.17. The monoisotopic (exact) mass is 347 g/mol. The second-order valence-electron chi connectivity index (χ2n) is 5.84. The van der Waals surface area contributed by atoms with Crippen molar-refractivity contribution >= 4 is 11.9 Å². The van der Waals surface area contributed by atoms with E-state index < -0.39 is 0 Å². The Balaban J connectivity index is 2.17. The molecule has 0 aliphatic carbocycles. The van der Waals surface area contributed by atoms with Crippen molar-refractivity contribution in [2.45, 2.75) is 26.7 Å². The summed E-state index contributed by atoms with van der Waals surface area (Å²) in [6.07, 6.45) is 0.792. The van der Waals surface area contributed by atoms with E-state index in [2.05, 4.69) is 9.84 Å². The maximum absolute atomic E-state index is 13.1. The number of nitrogens with zero attached hydrogens (tertiary/aromatic N) is 3. The highest BCUT2D eigenvalue weighted by Crippen LogP contribution is 2.20. The lowest BCUT2D eigenvalue weighted by atomic mass is 10.1. The SMILES string of the molecule is COC(=O)CCCN(C)C(=O)c1c(C)nn(-c2ccc(F)cc2)c1C. The van der Waals surface area contributed by atoms with Crippen LogP contribution in [0.25, 0.3) is 5.69 Å². The van der Waals surface area contributed by atoms with Gasteiger partial charge in [0.25, 0.3) is 5.91 Å². The molecular weight excluding hydrogens is 325 g/mol. The molecule has 0 aliphatic rings. The van der Waals surface area contributed by atoms with Crippen LogP contribution in [-0.2, 0) is 9.53 Å². The quantitative estimate of drug-likeness (QED) is 0.754. The van der Waals surface area contributed by atoms with Gasteiger partial charge in [0.2, 0.25) is 0 Å². The molecule has 25 heavy (non-hydrogen) atoms. The van der Waals surface area contributed by atoms with E-state index in [9.17, 15) is 14.0 Å². The number of carbonyl (C=O) groups is 2. The number of ether oxygens (including phenoxy) is 1. The van der Waals surface area contributed by atoms with Crippen molar-refractivity contribution in [2.24, 2.45) is 0 Å². The fourth-order valence-electron chi connectivity index (χ4n) is 2.64. The summed E-state index contributed by atoms with van der Waals surface area (Å²) >= 11 is 0. The van der Waals surface area contributed by atoms with Crippen LogP contribution < -0.4 is 0 Å². The summed E-state index contributed by atoms with van der Waals surface area (Å²) in [4.78, 5) is 25.5. The Hall–Kier alpha value is -2.70. The lowest BCUT2D eigenvalue weighted by molar-refractivity contribution is -0.140. The molecule has 0 spiro atoms. The Morgan fingerprint density at radius 1 is 1.24 bits per heavy atom. The van der Waals surface area contributed by atoms with Gasteiger partial charge in [-0.05, 0) is 44.5 Å². The molecule has 7 heteroatoms. The van der Waals surface area contributed by atoms with Crippen LogP contribution in [0.1, 0.15) is 34.6 Å². The summed E-state index contributed by atoms with van der Waals surface area (Å²) < 4.78 is 19.3. The molecule has 1 heterocycles. The van der Waals surface area contributed by atoms with E-state index in [1.807, 2.05) is 0 Å². The Bertz CT molecular complexity index is 769. The number of hydrogen-bond acceptors (Lipinski definition) is 4. The minimum atomic E-state index is -0.327. The smallest absolute Gasteiger partial charge is 0.305 e. The predicted octanol–water partition coefficient (Wildman–Crippen LogP) is 2.65. The highest BCUT2D eigenvalue weighted by atomic mass is 19.1. The van der Waals surface area contributed by atoms with Gasteiger partial charge in [-0.25, -0.2) is 9.07 Å². The molecule has 0 radical (unpaired) electrons. The van der Waals surface area contributed by atoms with Crippen molar-refractivity contribution in [1.29, 1.82) is 0 Å². The van der Waals surface area contributed by atoms with E-state index in [1.165, 1.54) is 19.2 Å². The zero-order valence-electron chi connectivity index (χ0n) is 14.9. The number of benzene rings is 1. The summed E-state index contributed by atoms with van der Waals surface area (Å²) in [6.45, 7) is 4.01. The second-order valence-corrected chi connectivity index (χ2v) is 5.84. The van der Waals surface area contributed by atoms with Gasteiger partial charge in [0.1, 0.15) is 5.82 Å². The van der Waals surface area contributed by atoms with Gasteiger partial charge >= 0.3 is 5.97 Å². The normalized spacial score (nSPS) is 10.6. The Morgan fingerprint density at radius 2 is 1.88 bits per heavy atom. The van der Waals surface area contributed by atoms with Crippen molar-refractivity contribution in [2.75, 3.05) is 20.7 Å². The fourth-order valence-corrected chi connectivity index (χ4v) is 2.64. The van der Waals surface area contributed by atoms with Gasteiger partial charge in [-0.3, -0.25) is 9.59 Å². The first-order valence-corrected chi connectivity index (χ1v) is 7.99. The number of rotatable bonds is 6. The number of hydrogen-bond donors (Lipinski definition) is 0. The average molecular weight is 347 g/mol. The molecule has 0 aliphatic heterocycles. The number of aryl methyl sites for hydroxylation is 1. The minimum Gasteiger partial charge on any atom is -0.469 e. The van der Waals surface area contributed by atoms with E-state index in [0.29, 0.717) is 35.6 Å². The first kappa shape index (κ1) is 18.6. The zero-order valence-corrected chi connectivity index (χ0v) is 14.9. The molecule has 0 N–H and O–H groups in total. The van der Waals surface area contributed by atoms with E-state index >= 15 is 0 Å². The van der Waals surface area contributed by atoms with Gasteiger partial charge in [0, 0.05) is 20.0 Å². The van der Waals surface area contributed by atoms with Crippen LogP contribution in [0, 0.1) is 19.7 Å². The van der Waals surface area contributed by atoms with Gasteiger partial charge in [0.05, 0.1) is 29.7 Å². The van der Waals surface area contributed by atoms with Gasteiger partial charge in [-0.15, -0.1) is 0 Å². The van der Waals surface area contributed by atoms with Crippen molar-refractivity contribution in [3.63, 3.8) is 0 Å². The number of amides is 1. The van der Waals surface area contributed by atoms with Crippen molar-refractivity contribution in [3.05, 3.63) is 47.0 Å². The number of carbonyl (C=O) groups excluding carboxylic acids is 2. The number of methoxy groups -OCH3 is 1. The highest BCUT2D eigenvalue weighted by molar-refractivity contribution is 5.96. The van der Waals surface area contributed by atoms with Crippen molar-refractivity contribution in [1.82, 2.24) is 14.7 Å². The van der Waals surface area contributed by atoms with Crippen LogP contribution in [0.15, 0.2) is 24.3 Å². The molecular formula is C18H22FN3O3. The van der Waals surface area contributed by atoms with E-state index in [0.717, 1.165) is 0 Å². The third-order valence-electron chi connectivity index (χ3n) is 4.03. The van der Waals surface area contributed by atoms with E-state index in [-0.39, 0.29) is 24.1 Å². The lowest BCUT2D eigenvalue weighted by Crippen LogP contribution is -2.29. The molecule has 1 aromatic carbocycles. The summed E-state index contributed by atoms with van der Waals surface area (Å²) in [5, 5.41) is 4.41. The van der Waals surface area contributed by atoms with Crippen LogP contribution in [0.4, 0.5) is 4.39 Å². The molecule has 6 nitrogen and oxygen atoms in total. The Labute approximate surface area is 146 Å². The molecule has 0 atom stereocenters. The standard InChI is InChI=1S/C18H22FN3O3/c1-12-17(18(24)21(3)11-5-6-16(23)25-4)13(2)22(20-12)15-9-7-14(19)8-10-15/h7-10H,5-6,11H2,1-4H3. The molecule has 0 bridgehead atoms. The first-order chi connectivity index (χ1) is 11.8. The van der Waals surface area contributed by atoms with Crippen LogP contribution >= 0.6 is 0 Å². The zero-order chi connectivity index (χ0) is 18.6. The van der Waals surface area contributed by atoms with Gasteiger partial charge in [-0.2, -0.15) is 5.10 Å². The van der Waals surface area contributed by atoms with Crippen LogP contribution in [0.5, 0.6) is 0 Å². The number of halogens is 1. The van der Waals surface area contributed by atoms with E-state index in [1.54, 1.807) is 42.6 Å². The Morgan fingerprint density at radius 3 is 2.48 bits per heavy atom. The summed E-state index contributed by atoms with van der Waals surface area (Å²) in [5.74, 6) is -0.780. The van der Waals surface area contributed by atoms with Crippen LogP contribution in [-0.4, -0.2) is 47.3 Å². The van der Waals surface area contributed by atoms with Crippen LogP contribution in [0.2, 0.25) is 0 Å². The highest BCUT2D eigenvalue weighted by Gasteiger charge is 2.22. The molecule has 1 aromatic heterocycles. The molecule has 0 saturated heterocycles. The summed E-state index contributed by atoms with van der Waals surface area (Å²) in [5.41, 5.74) is 2.50. The topological polar surface area (TPSA) is 64.4 Å².